The molecule has 0 aromatic heterocycles. The average Bonchev–Trinajstić information content (AvgIpc) is 3.05. The van der Waals surface area contributed by atoms with Crippen LogP contribution >= 0.6 is 0 Å². The molecule has 0 bridgehead atoms. The van der Waals surface area contributed by atoms with Gasteiger partial charge in [0.25, 0.3) is 0 Å². The van der Waals surface area contributed by atoms with Crippen LogP contribution in [0.5, 0.6) is 0 Å². The van der Waals surface area contributed by atoms with Crippen molar-refractivity contribution < 1.29 is 14.3 Å². The van der Waals surface area contributed by atoms with Crippen LogP contribution in [0, 0.1) is 0 Å². The Bertz CT molecular complexity index is 315. The number of nitrogens with zero attached hydrogens (tertiary/aromatic N) is 2. The zero-order valence-corrected chi connectivity index (χ0v) is 10.5. The summed E-state index contributed by atoms with van der Waals surface area (Å²) in [6, 6.07) is 0.148. The molecule has 1 atom stereocenters. The van der Waals surface area contributed by atoms with Crippen molar-refractivity contribution in [3.63, 3.8) is 0 Å². The molecule has 1 unspecified atom stereocenters. The van der Waals surface area contributed by atoms with E-state index < -0.39 is 0 Å². The molecule has 0 aromatic carbocycles. The SMILES string of the molecule is CCOC(=O)C(CC)N1CC(=O)N(C2CC2)C1. The number of hydrogen-bond acceptors (Lipinski definition) is 4. The van der Waals surface area contributed by atoms with E-state index in [-0.39, 0.29) is 17.9 Å². The largest absolute Gasteiger partial charge is 0.465 e. The third kappa shape index (κ3) is 2.60. The quantitative estimate of drug-likeness (QED) is 0.660. The van der Waals surface area contributed by atoms with Crippen LogP contribution in [0.15, 0.2) is 0 Å². The first-order valence-corrected chi connectivity index (χ1v) is 6.37. The van der Waals surface area contributed by atoms with Crippen LogP contribution in [0.25, 0.3) is 0 Å². The van der Waals surface area contributed by atoms with Gasteiger partial charge in [0, 0.05) is 6.04 Å². The topological polar surface area (TPSA) is 49.9 Å². The zero-order chi connectivity index (χ0) is 12.4. The molecule has 1 heterocycles. The lowest BCUT2D eigenvalue weighted by Crippen LogP contribution is -2.41. The van der Waals surface area contributed by atoms with Crippen molar-refractivity contribution in [1.82, 2.24) is 9.80 Å². The molecule has 0 spiro atoms. The van der Waals surface area contributed by atoms with Crippen LogP contribution < -0.4 is 0 Å². The summed E-state index contributed by atoms with van der Waals surface area (Å²) < 4.78 is 5.04. The Kier molecular flexibility index (Phi) is 3.66. The van der Waals surface area contributed by atoms with Gasteiger partial charge < -0.3 is 9.64 Å². The average molecular weight is 240 g/mol. The van der Waals surface area contributed by atoms with Gasteiger partial charge in [-0.2, -0.15) is 0 Å². The van der Waals surface area contributed by atoms with Crippen molar-refractivity contribution in [2.45, 2.75) is 45.2 Å². The van der Waals surface area contributed by atoms with Crippen LogP contribution in [-0.2, 0) is 14.3 Å². The summed E-state index contributed by atoms with van der Waals surface area (Å²) in [6.45, 7) is 5.08. The predicted octanol–water partition coefficient (Wildman–Crippen LogP) is 0.592. The molecule has 1 saturated carbocycles. The first-order valence-electron chi connectivity index (χ1n) is 6.37. The highest BCUT2D eigenvalue weighted by atomic mass is 16.5. The van der Waals surface area contributed by atoms with Crippen LogP contribution in [-0.4, -0.2) is 53.6 Å². The number of hydrogen-bond donors (Lipinski definition) is 0. The number of carbonyl (C=O) groups excluding carboxylic acids is 2. The molecule has 5 nitrogen and oxygen atoms in total. The third-order valence-electron chi connectivity index (χ3n) is 3.37. The molecule has 1 aliphatic carbocycles. The predicted molar refractivity (Wildman–Crippen MR) is 62.2 cm³/mol. The number of amides is 1. The van der Waals surface area contributed by atoms with E-state index in [4.69, 9.17) is 4.74 Å². The van der Waals surface area contributed by atoms with Crippen molar-refractivity contribution in [3.8, 4) is 0 Å². The fraction of sp³-hybridized carbons (Fsp3) is 0.833. The number of carbonyl (C=O) groups is 2. The van der Waals surface area contributed by atoms with E-state index in [1.807, 2.05) is 16.7 Å². The van der Waals surface area contributed by atoms with Crippen molar-refractivity contribution >= 4 is 11.9 Å². The molecule has 2 rings (SSSR count). The molecule has 1 aliphatic heterocycles. The lowest BCUT2D eigenvalue weighted by Gasteiger charge is -2.24. The van der Waals surface area contributed by atoms with E-state index in [9.17, 15) is 9.59 Å². The monoisotopic (exact) mass is 240 g/mol. The second kappa shape index (κ2) is 5.04. The summed E-state index contributed by atoms with van der Waals surface area (Å²) in [5.41, 5.74) is 0. The Morgan fingerprint density at radius 1 is 1.47 bits per heavy atom. The van der Waals surface area contributed by atoms with Gasteiger partial charge in [0.2, 0.25) is 5.91 Å². The fourth-order valence-corrected chi connectivity index (χ4v) is 2.32. The minimum atomic E-state index is -0.275. The molecule has 1 saturated heterocycles. The molecule has 17 heavy (non-hydrogen) atoms. The van der Waals surface area contributed by atoms with E-state index in [1.54, 1.807) is 6.92 Å². The van der Waals surface area contributed by atoms with Crippen molar-refractivity contribution in [1.29, 1.82) is 0 Å². The lowest BCUT2D eigenvalue weighted by molar-refractivity contribution is -0.149. The molecule has 0 aromatic rings. The lowest BCUT2D eigenvalue weighted by atomic mass is 10.2. The van der Waals surface area contributed by atoms with Crippen molar-refractivity contribution in [2.24, 2.45) is 0 Å². The molecular formula is C12H20N2O3. The van der Waals surface area contributed by atoms with E-state index in [1.165, 1.54) is 0 Å². The third-order valence-corrected chi connectivity index (χ3v) is 3.37. The summed E-state index contributed by atoms with van der Waals surface area (Å²) in [5, 5.41) is 0. The van der Waals surface area contributed by atoms with Gasteiger partial charge in [0.1, 0.15) is 6.04 Å². The van der Waals surface area contributed by atoms with Crippen LogP contribution in [0.1, 0.15) is 33.1 Å². The zero-order valence-electron chi connectivity index (χ0n) is 10.5. The van der Waals surface area contributed by atoms with Gasteiger partial charge in [0.05, 0.1) is 19.8 Å². The molecule has 96 valence electrons. The Hall–Kier alpha value is -1.10. The maximum Gasteiger partial charge on any atom is 0.323 e. The van der Waals surface area contributed by atoms with Crippen LogP contribution in [0.3, 0.4) is 0 Å². The molecular weight excluding hydrogens is 220 g/mol. The van der Waals surface area contributed by atoms with Gasteiger partial charge >= 0.3 is 5.97 Å². The van der Waals surface area contributed by atoms with Gasteiger partial charge in [0.15, 0.2) is 0 Å². The summed E-state index contributed by atoms with van der Waals surface area (Å²) in [5.74, 6) is -0.0595. The van der Waals surface area contributed by atoms with Gasteiger partial charge in [-0.05, 0) is 26.2 Å². The summed E-state index contributed by atoms with van der Waals surface area (Å²) in [4.78, 5) is 27.4. The Labute approximate surface area is 102 Å². The second-order valence-corrected chi connectivity index (χ2v) is 4.66. The molecule has 5 heteroatoms. The number of ether oxygens (including phenoxy) is 1. The minimum Gasteiger partial charge on any atom is -0.465 e. The van der Waals surface area contributed by atoms with Crippen molar-refractivity contribution in [2.75, 3.05) is 19.8 Å². The Morgan fingerprint density at radius 3 is 2.71 bits per heavy atom. The fourth-order valence-electron chi connectivity index (χ4n) is 2.32. The van der Waals surface area contributed by atoms with Gasteiger partial charge in [-0.15, -0.1) is 0 Å². The molecule has 0 radical (unpaired) electrons. The highest BCUT2D eigenvalue weighted by Crippen LogP contribution is 2.30. The summed E-state index contributed by atoms with van der Waals surface area (Å²) in [7, 11) is 0. The second-order valence-electron chi connectivity index (χ2n) is 4.66. The molecule has 0 N–H and O–H groups in total. The standard InChI is InChI=1S/C12H20N2O3/c1-3-10(12(16)17-4-2)13-7-11(15)14(8-13)9-5-6-9/h9-10H,3-8H2,1-2H3. The van der Waals surface area contributed by atoms with E-state index in [0.717, 1.165) is 12.8 Å². The van der Waals surface area contributed by atoms with Crippen LogP contribution in [0.2, 0.25) is 0 Å². The number of esters is 1. The van der Waals surface area contributed by atoms with E-state index in [0.29, 0.717) is 32.3 Å². The number of rotatable bonds is 5. The van der Waals surface area contributed by atoms with Crippen LogP contribution in [0.4, 0.5) is 0 Å². The molecule has 2 aliphatic rings. The van der Waals surface area contributed by atoms with Gasteiger partial charge in [-0.3, -0.25) is 14.5 Å². The first kappa shape index (κ1) is 12.4. The van der Waals surface area contributed by atoms with E-state index in [2.05, 4.69) is 0 Å². The molecule has 2 fully saturated rings. The van der Waals surface area contributed by atoms with E-state index >= 15 is 0 Å². The van der Waals surface area contributed by atoms with Crippen molar-refractivity contribution in [3.05, 3.63) is 0 Å². The summed E-state index contributed by atoms with van der Waals surface area (Å²) in [6.07, 6.45) is 2.90. The summed E-state index contributed by atoms with van der Waals surface area (Å²) >= 11 is 0. The Balaban J connectivity index is 1.96. The van der Waals surface area contributed by atoms with Gasteiger partial charge in [-0.1, -0.05) is 6.92 Å². The highest BCUT2D eigenvalue weighted by molar-refractivity contribution is 5.83. The maximum atomic E-state index is 11.8. The smallest absolute Gasteiger partial charge is 0.323 e. The normalized spacial score (nSPS) is 22.9. The minimum absolute atomic E-state index is 0.148. The van der Waals surface area contributed by atoms with Gasteiger partial charge in [-0.25, -0.2) is 0 Å². The maximum absolute atomic E-state index is 11.8. The highest BCUT2D eigenvalue weighted by Gasteiger charge is 2.41. The Morgan fingerprint density at radius 2 is 2.18 bits per heavy atom. The first-order chi connectivity index (χ1) is 8.17. The molecule has 1 amide bonds.